The Balaban J connectivity index is 1.14. The first-order valence-corrected chi connectivity index (χ1v) is 10.4. The Labute approximate surface area is 167 Å². The molecule has 2 aromatic rings. The molecule has 2 aliphatic rings. The van der Waals surface area contributed by atoms with Gasteiger partial charge in [-0.05, 0) is 50.1 Å². The van der Waals surface area contributed by atoms with Crippen LogP contribution in [0.3, 0.4) is 0 Å². The van der Waals surface area contributed by atoms with Gasteiger partial charge in [-0.2, -0.15) is 0 Å². The van der Waals surface area contributed by atoms with E-state index in [9.17, 15) is 4.79 Å². The summed E-state index contributed by atoms with van der Waals surface area (Å²) in [7, 11) is 0. The molecule has 0 saturated carbocycles. The van der Waals surface area contributed by atoms with Crippen molar-refractivity contribution in [2.24, 2.45) is 0 Å². The number of unbranched alkanes of at least 4 members (excludes halogenated alkanes) is 1. The lowest BCUT2D eigenvalue weighted by Gasteiger charge is -2.36. The molecule has 2 fully saturated rings. The zero-order valence-corrected chi connectivity index (χ0v) is 16.4. The van der Waals surface area contributed by atoms with Crippen molar-refractivity contribution >= 4 is 17.5 Å². The number of rotatable bonds is 7. The average molecular weight is 380 g/mol. The molecule has 1 amide bonds. The summed E-state index contributed by atoms with van der Waals surface area (Å²) in [4.78, 5) is 18.9. The number of carbonyl (C=O) groups is 1. The molecular weight excluding hydrogens is 350 g/mol. The van der Waals surface area contributed by atoms with Gasteiger partial charge < -0.3 is 9.64 Å². The van der Waals surface area contributed by atoms with Crippen LogP contribution in [0.25, 0.3) is 0 Å². The molecule has 0 N–H and O–H groups in total. The van der Waals surface area contributed by atoms with Crippen LogP contribution in [0, 0.1) is 0 Å². The van der Waals surface area contributed by atoms with Crippen LogP contribution < -0.4 is 9.80 Å². The van der Waals surface area contributed by atoms with E-state index < -0.39 is 0 Å². The van der Waals surface area contributed by atoms with Crippen molar-refractivity contribution in [1.29, 1.82) is 0 Å². The second-order valence-electron chi connectivity index (χ2n) is 7.61. The topological polar surface area (TPSA) is 36.0 Å². The van der Waals surface area contributed by atoms with Crippen molar-refractivity contribution in [1.82, 2.24) is 4.90 Å². The van der Waals surface area contributed by atoms with E-state index in [0.29, 0.717) is 6.54 Å². The SMILES string of the molecule is O=C1OC(CCCCN2CCN(c3ccccc3)CC2)CN1c1ccccc1. The average Bonchev–Trinajstić information content (AvgIpc) is 3.13. The fraction of sp³-hybridized carbons (Fsp3) is 0.435. The van der Waals surface area contributed by atoms with Gasteiger partial charge >= 0.3 is 6.09 Å². The van der Waals surface area contributed by atoms with Gasteiger partial charge in [0.2, 0.25) is 0 Å². The first kappa shape index (κ1) is 18.8. The number of cyclic esters (lactones) is 1. The molecular formula is C23H29N3O2. The number of benzene rings is 2. The molecule has 2 saturated heterocycles. The first-order valence-electron chi connectivity index (χ1n) is 10.4. The summed E-state index contributed by atoms with van der Waals surface area (Å²) in [6, 6.07) is 20.4. The van der Waals surface area contributed by atoms with E-state index >= 15 is 0 Å². The van der Waals surface area contributed by atoms with Crippen molar-refractivity contribution in [2.45, 2.75) is 25.4 Å². The van der Waals surface area contributed by atoms with E-state index in [1.807, 2.05) is 30.3 Å². The molecule has 2 aliphatic heterocycles. The van der Waals surface area contributed by atoms with Gasteiger partial charge in [-0.15, -0.1) is 0 Å². The van der Waals surface area contributed by atoms with Crippen LogP contribution in [0.2, 0.25) is 0 Å². The Kier molecular flexibility index (Phi) is 6.12. The zero-order chi connectivity index (χ0) is 19.2. The summed E-state index contributed by atoms with van der Waals surface area (Å²) in [6.07, 6.45) is 3.00. The lowest BCUT2D eigenvalue weighted by Crippen LogP contribution is -2.46. The van der Waals surface area contributed by atoms with Gasteiger partial charge in [0.15, 0.2) is 0 Å². The standard InChI is InChI=1S/C23H29N3O2/c27-23-26(21-11-5-2-6-12-21)19-22(28-23)13-7-8-14-24-15-17-25(18-16-24)20-9-3-1-4-10-20/h1-6,9-12,22H,7-8,13-19H2. The summed E-state index contributed by atoms with van der Waals surface area (Å²) in [5.74, 6) is 0. The van der Waals surface area contributed by atoms with E-state index in [1.165, 1.54) is 5.69 Å². The normalized spacial score (nSPS) is 20.4. The quantitative estimate of drug-likeness (QED) is 0.681. The van der Waals surface area contributed by atoms with Gasteiger partial charge in [-0.25, -0.2) is 4.79 Å². The van der Waals surface area contributed by atoms with Crippen molar-refractivity contribution in [3.63, 3.8) is 0 Å². The smallest absolute Gasteiger partial charge is 0.414 e. The number of para-hydroxylation sites is 2. The third-order valence-corrected chi connectivity index (χ3v) is 5.69. The Hall–Kier alpha value is -2.53. The van der Waals surface area contributed by atoms with Crippen LogP contribution in [0.15, 0.2) is 60.7 Å². The molecule has 0 radical (unpaired) electrons. The minimum Gasteiger partial charge on any atom is -0.444 e. The summed E-state index contributed by atoms with van der Waals surface area (Å²) >= 11 is 0. The lowest BCUT2D eigenvalue weighted by atomic mass is 10.1. The summed E-state index contributed by atoms with van der Waals surface area (Å²) in [5, 5.41) is 0. The van der Waals surface area contributed by atoms with E-state index in [2.05, 4.69) is 40.1 Å². The van der Waals surface area contributed by atoms with Crippen LogP contribution in [0.4, 0.5) is 16.2 Å². The maximum absolute atomic E-state index is 12.1. The Morgan fingerprint density at radius 2 is 1.46 bits per heavy atom. The van der Waals surface area contributed by atoms with Gasteiger partial charge in [0.1, 0.15) is 6.10 Å². The zero-order valence-electron chi connectivity index (χ0n) is 16.4. The highest BCUT2D eigenvalue weighted by atomic mass is 16.6. The van der Waals surface area contributed by atoms with Crippen molar-refractivity contribution < 1.29 is 9.53 Å². The Morgan fingerprint density at radius 3 is 2.14 bits per heavy atom. The highest BCUT2D eigenvalue weighted by Gasteiger charge is 2.31. The Morgan fingerprint density at radius 1 is 0.821 bits per heavy atom. The molecule has 0 bridgehead atoms. The second kappa shape index (κ2) is 9.11. The third kappa shape index (κ3) is 4.65. The van der Waals surface area contributed by atoms with Crippen molar-refractivity contribution in [2.75, 3.05) is 49.1 Å². The molecule has 0 spiro atoms. The van der Waals surface area contributed by atoms with Crippen molar-refractivity contribution in [3.8, 4) is 0 Å². The van der Waals surface area contributed by atoms with Crippen molar-refractivity contribution in [3.05, 3.63) is 60.7 Å². The first-order chi connectivity index (χ1) is 13.8. The number of hydrogen-bond donors (Lipinski definition) is 0. The number of anilines is 2. The van der Waals surface area contributed by atoms with Crippen LogP contribution >= 0.6 is 0 Å². The minimum absolute atomic E-state index is 0.0163. The molecule has 1 atom stereocenters. The number of carbonyl (C=O) groups excluding carboxylic acids is 1. The van der Waals surface area contributed by atoms with E-state index in [4.69, 9.17) is 4.74 Å². The fourth-order valence-electron chi connectivity index (χ4n) is 4.07. The molecule has 5 nitrogen and oxygen atoms in total. The lowest BCUT2D eigenvalue weighted by molar-refractivity contribution is 0.134. The van der Waals surface area contributed by atoms with Crippen LogP contribution in [0.5, 0.6) is 0 Å². The number of piperazine rings is 1. The largest absolute Gasteiger partial charge is 0.444 e. The Bertz CT molecular complexity index is 745. The van der Waals surface area contributed by atoms with E-state index in [-0.39, 0.29) is 12.2 Å². The molecule has 28 heavy (non-hydrogen) atoms. The molecule has 4 rings (SSSR count). The number of ether oxygens (including phenoxy) is 1. The second-order valence-corrected chi connectivity index (χ2v) is 7.61. The van der Waals surface area contributed by atoms with Gasteiger partial charge in [-0.3, -0.25) is 9.80 Å². The van der Waals surface area contributed by atoms with Gasteiger partial charge in [-0.1, -0.05) is 36.4 Å². The number of hydrogen-bond acceptors (Lipinski definition) is 4. The van der Waals surface area contributed by atoms with Crippen LogP contribution in [-0.4, -0.2) is 56.4 Å². The maximum atomic E-state index is 12.1. The van der Waals surface area contributed by atoms with Gasteiger partial charge in [0.25, 0.3) is 0 Å². The maximum Gasteiger partial charge on any atom is 0.414 e. The van der Waals surface area contributed by atoms with Gasteiger partial charge in [0.05, 0.1) is 6.54 Å². The van der Waals surface area contributed by atoms with E-state index in [1.54, 1.807) is 4.90 Å². The molecule has 1 unspecified atom stereocenters. The highest BCUT2D eigenvalue weighted by Crippen LogP contribution is 2.23. The summed E-state index contributed by atoms with van der Waals surface area (Å²) < 4.78 is 5.55. The molecule has 2 aromatic carbocycles. The predicted octanol–water partition coefficient (Wildman–Crippen LogP) is 4.00. The molecule has 0 aromatic heterocycles. The van der Waals surface area contributed by atoms with Gasteiger partial charge in [0, 0.05) is 37.6 Å². The predicted molar refractivity (Wildman–Crippen MR) is 113 cm³/mol. The summed E-state index contributed by atoms with van der Waals surface area (Å²) in [5.41, 5.74) is 2.25. The third-order valence-electron chi connectivity index (χ3n) is 5.69. The molecule has 2 heterocycles. The highest BCUT2D eigenvalue weighted by molar-refractivity contribution is 5.89. The molecule has 148 valence electrons. The monoisotopic (exact) mass is 379 g/mol. The van der Waals surface area contributed by atoms with Crippen LogP contribution in [0.1, 0.15) is 19.3 Å². The van der Waals surface area contributed by atoms with E-state index in [0.717, 1.165) is 57.7 Å². The number of amides is 1. The minimum atomic E-state index is -0.215. The van der Waals surface area contributed by atoms with Crippen LogP contribution in [-0.2, 0) is 4.74 Å². The number of nitrogens with zero attached hydrogens (tertiary/aromatic N) is 3. The molecule has 0 aliphatic carbocycles. The summed E-state index contributed by atoms with van der Waals surface area (Å²) in [6.45, 7) is 6.22. The molecule has 5 heteroatoms. The fourth-order valence-corrected chi connectivity index (χ4v) is 4.07.